The first kappa shape index (κ1) is 55.8. The Morgan fingerprint density at radius 2 is 0.824 bits per heavy atom. The zero-order valence-corrected chi connectivity index (χ0v) is 53.4. The molecule has 5 heterocycles. The van der Waals surface area contributed by atoms with E-state index in [1.165, 1.54) is 97.0 Å². The third-order valence-electron chi connectivity index (χ3n) is 18.4. The number of nitrogens with zero attached hydrogens (tertiary/aromatic N) is 4. The van der Waals surface area contributed by atoms with Crippen LogP contribution in [0, 0.1) is 63.5 Å². The van der Waals surface area contributed by atoms with E-state index < -0.39 is 10.8 Å². The zero-order chi connectivity index (χ0) is 62.2. The van der Waals surface area contributed by atoms with Crippen molar-refractivity contribution < 1.29 is 9.59 Å². The van der Waals surface area contributed by atoms with Crippen LogP contribution in [-0.2, 0) is 10.8 Å². The first-order valence-corrected chi connectivity index (χ1v) is 33.6. The van der Waals surface area contributed by atoms with E-state index in [4.69, 9.17) is 13.1 Å². The number of Topliss-reactive ketones (excluding diaryl/α,β-unsaturated/α-hetero) is 2. The maximum absolute atomic E-state index is 14.1. The zero-order valence-electron chi connectivity index (χ0n) is 49.3. The molecule has 0 atom stereocenters. The second-order valence-corrected chi connectivity index (χ2v) is 28.9. The third-order valence-corrected chi connectivity index (χ3v) is 24.5. The lowest BCUT2D eigenvalue weighted by Gasteiger charge is -2.35. The molecule has 0 unspecified atom stereocenters. The number of carbonyl (C=O) groups excluding carboxylic acids is 2. The van der Waals surface area contributed by atoms with Gasteiger partial charge in [-0.3, -0.25) is 9.59 Å². The summed E-state index contributed by atoms with van der Waals surface area (Å²) in [5.41, 5.74) is 18.7. The number of benzene rings is 7. The Hall–Kier alpha value is -10.4. The Morgan fingerprint density at radius 1 is 0.418 bits per heavy atom. The number of carbonyl (C=O) groups is 2. The topological polar surface area (TPSA) is 90.4 Å². The maximum Gasteiger partial charge on any atom is 0.270 e. The van der Waals surface area contributed by atoms with Crippen molar-refractivity contribution in [3.8, 4) is 52.5 Å². The van der Waals surface area contributed by atoms with Crippen molar-refractivity contribution in [2.75, 3.05) is 0 Å². The van der Waals surface area contributed by atoms with Gasteiger partial charge in [0.05, 0.1) is 40.8 Å². The highest BCUT2D eigenvalue weighted by molar-refractivity contribution is 7.33. The molecule has 91 heavy (non-hydrogen) atoms. The van der Waals surface area contributed by atoms with Crippen molar-refractivity contribution in [2.45, 2.75) is 38.5 Å². The fraction of sp³-hybridized carbons (Fsp3) is 0.0750. The SMILES string of the molecule is [C-]#[N+]/C(C#N)=C1\C(=Cc2ccc(-c3cc4sc5c(c4s3)C(c3ccc(C)cc3)(c3ccc(C)cc3)c3cc4c(cc3-5)C(c3ccc(C)cc3)(c3ccc(C)cc3)c3cc(-c5ccc(C=C6C(=O)c7ccccc7/C6=C(/C#N)[N+]#[C-])s5)sc3-4)s2)C(=O)c2ccccc21. The van der Waals surface area contributed by atoms with E-state index in [0.29, 0.717) is 44.5 Å². The van der Waals surface area contributed by atoms with Crippen LogP contribution in [0.3, 0.4) is 0 Å². The van der Waals surface area contributed by atoms with E-state index >= 15 is 0 Å². The summed E-state index contributed by atoms with van der Waals surface area (Å²) in [4.78, 5) is 43.7. The van der Waals surface area contributed by atoms with Gasteiger partial charge in [-0.25, -0.2) is 20.2 Å². The van der Waals surface area contributed by atoms with E-state index in [1.807, 2.05) is 83.4 Å². The molecule has 0 saturated heterocycles. The molecule has 11 heteroatoms. The van der Waals surface area contributed by atoms with Crippen LogP contribution >= 0.6 is 56.7 Å². The van der Waals surface area contributed by atoms with Gasteiger partial charge >= 0.3 is 0 Å². The first-order valence-electron chi connectivity index (χ1n) is 29.5. The molecule has 0 aliphatic heterocycles. The Kier molecular flexibility index (Phi) is 12.9. The monoisotopic (exact) mass is 1250 g/mol. The molecule has 0 saturated carbocycles. The maximum atomic E-state index is 14.1. The number of hydrogen-bond donors (Lipinski definition) is 0. The predicted octanol–water partition coefficient (Wildman–Crippen LogP) is 21.3. The Bertz CT molecular complexity index is 5400. The van der Waals surface area contributed by atoms with Gasteiger partial charge in [0.25, 0.3) is 11.4 Å². The van der Waals surface area contributed by atoms with Crippen LogP contribution in [0.15, 0.2) is 217 Å². The Labute approximate surface area is 546 Å². The minimum atomic E-state index is -0.757. The predicted molar refractivity (Wildman–Crippen MR) is 374 cm³/mol. The summed E-state index contributed by atoms with van der Waals surface area (Å²) in [6.07, 6.45) is 3.70. The van der Waals surface area contributed by atoms with Crippen molar-refractivity contribution in [3.05, 3.63) is 338 Å². The van der Waals surface area contributed by atoms with Gasteiger partial charge in [0.1, 0.15) is 0 Å². The molecule has 4 aliphatic carbocycles. The van der Waals surface area contributed by atoms with E-state index in [9.17, 15) is 20.1 Å². The molecule has 5 aromatic heterocycles. The van der Waals surface area contributed by atoms with Gasteiger partial charge in [-0.05, 0) is 150 Å². The minimum Gasteiger partial charge on any atom is -0.289 e. The molecule has 0 bridgehead atoms. The molecule has 0 amide bonds. The fourth-order valence-electron chi connectivity index (χ4n) is 14.3. The number of hydrogen-bond acceptors (Lipinski definition) is 9. The lowest BCUT2D eigenvalue weighted by Crippen LogP contribution is -2.30. The Balaban J connectivity index is 0.911. The van der Waals surface area contributed by atoms with Gasteiger partial charge in [0, 0.05) is 82.7 Å². The van der Waals surface area contributed by atoms with Gasteiger partial charge in [-0.15, -0.1) is 56.7 Å². The van der Waals surface area contributed by atoms with Gasteiger partial charge < -0.3 is 0 Å². The Morgan fingerprint density at radius 3 is 1.26 bits per heavy atom. The fourth-order valence-corrected chi connectivity index (χ4v) is 20.3. The number of fused-ring (bicyclic) bond motifs is 10. The van der Waals surface area contributed by atoms with Crippen molar-refractivity contribution in [2.24, 2.45) is 0 Å². The minimum absolute atomic E-state index is 0.0977. The number of allylic oxidation sites excluding steroid dienone is 6. The molecule has 7 aromatic carbocycles. The number of thiophene rings is 5. The van der Waals surface area contributed by atoms with Gasteiger partial charge in [0.2, 0.25) is 0 Å². The van der Waals surface area contributed by atoms with Crippen LogP contribution in [0.25, 0.3) is 82.8 Å². The van der Waals surface area contributed by atoms with E-state index in [1.54, 1.807) is 46.1 Å². The molecule has 6 nitrogen and oxygen atoms in total. The highest BCUT2D eigenvalue weighted by Crippen LogP contribution is 2.67. The number of rotatable bonds is 8. The number of aryl methyl sites for hydroxylation is 4. The standard InChI is InChI=1S/C80H46N4O2S5/c1-43-15-23-47(24-16-43)79(48-25-17-44(2)18-26-48)61-38-58-62(37-57(61)76-63(79)39-68(89-76)66-33-31-51(87-66)35-59-71(64(41-81)83-5)53-11-7-9-13-55(53)74(59)85)80(49-27-19-45(3)20-28-49,50-29-21-46(4)22-30-50)73-77(58)91-70-40-69(90-78(70)73)67-34-32-52(88-67)36-60-72(65(42-82)84-6)54-12-8-10-14-56(54)75(60)86/h7-40H,1-4H3/b59-35?,60-36?,71-64+,72-65-. The molecular formula is C80H46N4O2S5. The molecular weight excluding hydrogens is 1210 g/mol. The average Bonchev–Trinajstić information content (AvgIpc) is 1.50. The summed E-state index contributed by atoms with van der Waals surface area (Å²) >= 11 is 8.66. The molecule has 0 radical (unpaired) electrons. The van der Waals surface area contributed by atoms with Crippen molar-refractivity contribution in [1.29, 1.82) is 10.5 Å². The summed E-state index contributed by atoms with van der Waals surface area (Å²) < 4.78 is 2.41. The summed E-state index contributed by atoms with van der Waals surface area (Å²) in [6.45, 7) is 24.3. The normalized spacial score (nSPS) is 16.4. The van der Waals surface area contributed by atoms with Crippen LogP contribution in [0.5, 0.6) is 0 Å². The molecule has 0 spiro atoms. The highest BCUT2D eigenvalue weighted by atomic mass is 32.1. The van der Waals surface area contributed by atoms with E-state index in [2.05, 4.69) is 183 Å². The first-order chi connectivity index (χ1) is 44.3. The van der Waals surface area contributed by atoms with Gasteiger partial charge in [0.15, 0.2) is 11.6 Å². The van der Waals surface area contributed by atoms with Gasteiger partial charge in [-0.2, -0.15) is 0 Å². The van der Waals surface area contributed by atoms with Crippen molar-refractivity contribution in [1.82, 2.24) is 0 Å². The largest absolute Gasteiger partial charge is 0.289 e. The number of nitriles is 2. The summed E-state index contributed by atoms with van der Waals surface area (Å²) in [6, 6.07) is 73.2. The number of ketones is 2. The summed E-state index contributed by atoms with van der Waals surface area (Å²) in [5, 5.41) is 20.2. The van der Waals surface area contributed by atoms with E-state index in [0.717, 1.165) is 29.3 Å². The molecule has 428 valence electrons. The average molecular weight is 1260 g/mol. The smallest absolute Gasteiger partial charge is 0.270 e. The molecule has 12 aromatic rings. The molecule has 0 fully saturated rings. The molecule has 0 N–H and O–H groups in total. The summed E-state index contributed by atoms with van der Waals surface area (Å²) in [5.74, 6) is -0.387. The lowest BCUT2D eigenvalue weighted by atomic mass is 9.65. The van der Waals surface area contributed by atoms with Crippen LogP contribution in [0.1, 0.15) is 108 Å². The second-order valence-electron chi connectivity index (χ2n) is 23.5. The lowest BCUT2D eigenvalue weighted by molar-refractivity contribution is 0.103. The summed E-state index contributed by atoms with van der Waals surface area (Å²) in [7, 11) is 0. The van der Waals surface area contributed by atoms with Crippen molar-refractivity contribution in [3.63, 3.8) is 0 Å². The van der Waals surface area contributed by atoms with Crippen molar-refractivity contribution >= 4 is 101 Å². The molecule has 4 aliphatic rings. The van der Waals surface area contributed by atoms with Crippen LogP contribution in [0.4, 0.5) is 0 Å². The third kappa shape index (κ3) is 8.20. The quantitative estimate of drug-likeness (QED) is 0.0861. The van der Waals surface area contributed by atoms with Crippen LogP contribution in [-0.4, -0.2) is 11.6 Å². The highest BCUT2D eigenvalue weighted by Gasteiger charge is 2.54. The second kappa shape index (κ2) is 21.1. The molecule has 16 rings (SSSR count). The van der Waals surface area contributed by atoms with Gasteiger partial charge in [-0.1, -0.05) is 168 Å². The van der Waals surface area contributed by atoms with Crippen LogP contribution < -0.4 is 0 Å². The van der Waals surface area contributed by atoms with E-state index in [-0.39, 0.29) is 23.0 Å². The van der Waals surface area contributed by atoms with Crippen LogP contribution in [0.2, 0.25) is 0 Å².